The molecule has 0 radical (unpaired) electrons. The largest absolute Gasteiger partial charge is 0.313 e. The Balaban J connectivity index is 1.92. The number of pyridine rings is 1. The van der Waals surface area contributed by atoms with E-state index in [9.17, 15) is 8.42 Å². The SMILES string of the molecule is CS(=O)(=O)CCCNCc1ccnc2ccccc12. The second-order valence-corrected chi connectivity index (χ2v) is 6.91. The van der Waals surface area contributed by atoms with Gasteiger partial charge >= 0.3 is 0 Å². The summed E-state index contributed by atoms with van der Waals surface area (Å²) in [5, 5.41) is 4.41. The Kier molecular flexibility index (Phi) is 4.50. The molecule has 0 atom stereocenters. The topological polar surface area (TPSA) is 59.1 Å². The zero-order valence-corrected chi connectivity index (χ0v) is 11.8. The average Bonchev–Trinajstić information content (AvgIpc) is 2.37. The highest BCUT2D eigenvalue weighted by Crippen LogP contribution is 2.15. The molecule has 0 saturated carbocycles. The summed E-state index contributed by atoms with van der Waals surface area (Å²) in [7, 11) is -2.85. The van der Waals surface area contributed by atoms with Gasteiger partial charge in [0.15, 0.2) is 0 Å². The van der Waals surface area contributed by atoms with E-state index in [0.717, 1.165) is 17.4 Å². The number of aromatic nitrogens is 1. The Morgan fingerprint density at radius 2 is 2.00 bits per heavy atom. The van der Waals surface area contributed by atoms with E-state index in [-0.39, 0.29) is 5.75 Å². The predicted octanol–water partition coefficient (Wildman–Crippen LogP) is 1.76. The average molecular weight is 278 g/mol. The minimum atomic E-state index is -2.85. The highest BCUT2D eigenvalue weighted by molar-refractivity contribution is 7.90. The molecule has 1 aromatic heterocycles. The lowest BCUT2D eigenvalue weighted by Crippen LogP contribution is -2.18. The number of rotatable bonds is 6. The van der Waals surface area contributed by atoms with Crippen molar-refractivity contribution < 1.29 is 8.42 Å². The first-order valence-corrected chi connectivity index (χ1v) is 8.33. The summed E-state index contributed by atoms with van der Waals surface area (Å²) in [5.41, 5.74) is 2.17. The summed E-state index contributed by atoms with van der Waals surface area (Å²) in [5.74, 6) is 0.233. The standard InChI is InChI=1S/C14H18N2O2S/c1-19(17,18)10-4-8-15-11-12-7-9-16-14-6-3-2-5-13(12)14/h2-3,5-7,9,15H,4,8,10-11H2,1H3. The fraction of sp³-hybridized carbons (Fsp3) is 0.357. The number of nitrogens with zero attached hydrogens (tertiary/aromatic N) is 1. The lowest BCUT2D eigenvalue weighted by molar-refractivity contribution is 0.594. The van der Waals surface area contributed by atoms with Crippen LogP contribution in [0.4, 0.5) is 0 Å². The van der Waals surface area contributed by atoms with Gasteiger partial charge in [-0.1, -0.05) is 18.2 Å². The maximum absolute atomic E-state index is 11.0. The summed E-state index contributed by atoms with van der Waals surface area (Å²) < 4.78 is 22.0. The molecule has 4 nitrogen and oxygen atoms in total. The molecule has 0 fully saturated rings. The van der Waals surface area contributed by atoms with Gasteiger partial charge in [0.2, 0.25) is 0 Å². The van der Waals surface area contributed by atoms with Crippen molar-refractivity contribution >= 4 is 20.7 Å². The molecule has 0 aliphatic carbocycles. The summed E-state index contributed by atoms with van der Waals surface area (Å²) in [6, 6.07) is 10.0. The fourth-order valence-electron chi connectivity index (χ4n) is 1.99. The van der Waals surface area contributed by atoms with Crippen LogP contribution >= 0.6 is 0 Å². The number of nitrogens with one attached hydrogen (secondary N) is 1. The van der Waals surface area contributed by atoms with Crippen molar-refractivity contribution in [1.82, 2.24) is 10.3 Å². The van der Waals surface area contributed by atoms with Crippen molar-refractivity contribution in [1.29, 1.82) is 0 Å². The molecule has 102 valence electrons. The number of para-hydroxylation sites is 1. The number of hydrogen-bond donors (Lipinski definition) is 1. The summed E-state index contributed by atoms with van der Waals surface area (Å²) in [6.07, 6.45) is 3.71. The van der Waals surface area contributed by atoms with Crippen LogP contribution in [0.25, 0.3) is 10.9 Å². The van der Waals surface area contributed by atoms with Gasteiger partial charge in [0.25, 0.3) is 0 Å². The normalized spacial score (nSPS) is 11.8. The van der Waals surface area contributed by atoms with E-state index >= 15 is 0 Å². The van der Waals surface area contributed by atoms with Gasteiger partial charge < -0.3 is 5.32 Å². The van der Waals surface area contributed by atoms with Crippen LogP contribution in [0.15, 0.2) is 36.5 Å². The quantitative estimate of drug-likeness (QED) is 0.818. The molecule has 0 aliphatic rings. The lowest BCUT2D eigenvalue weighted by atomic mass is 10.1. The van der Waals surface area contributed by atoms with Crippen LogP contribution in [-0.2, 0) is 16.4 Å². The first-order valence-electron chi connectivity index (χ1n) is 6.27. The second-order valence-electron chi connectivity index (χ2n) is 4.65. The molecule has 0 spiro atoms. The zero-order valence-electron chi connectivity index (χ0n) is 11.0. The van der Waals surface area contributed by atoms with Crippen molar-refractivity contribution in [3.05, 3.63) is 42.1 Å². The van der Waals surface area contributed by atoms with Crippen LogP contribution in [0, 0.1) is 0 Å². The van der Waals surface area contributed by atoms with Crippen molar-refractivity contribution in [2.24, 2.45) is 0 Å². The molecule has 1 heterocycles. The molecule has 1 N–H and O–H groups in total. The van der Waals surface area contributed by atoms with Gasteiger partial charge in [-0.15, -0.1) is 0 Å². The molecule has 0 aliphatic heterocycles. The molecular formula is C14H18N2O2S. The molecule has 0 saturated heterocycles. The second kappa shape index (κ2) is 6.12. The summed E-state index contributed by atoms with van der Waals surface area (Å²) in [4.78, 5) is 4.31. The number of benzene rings is 1. The van der Waals surface area contributed by atoms with Crippen molar-refractivity contribution in [3.63, 3.8) is 0 Å². The van der Waals surface area contributed by atoms with Crippen LogP contribution in [0.1, 0.15) is 12.0 Å². The third-order valence-corrected chi connectivity index (χ3v) is 3.95. The molecule has 0 amide bonds. The molecule has 0 unspecified atom stereocenters. The van der Waals surface area contributed by atoms with Gasteiger partial charge in [-0.3, -0.25) is 4.98 Å². The molecule has 1 aromatic carbocycles. The minimum Gasteiger partial charge on any atom is -0.313 e. The van der Waals surface area contributed by atoms with Gasteiger partial charge in [0.05, 0.1) is 11.3 Å². The molecular weight excluding hydrogens is 260 g/mol. The van der Waals surface area contributed by atoms with Gasteiger partial charge in [0, 0.05) is 24.4 Å². The van der Waals surface area contributed by atoms with Crippen LogP contribution < -0.4 is 5.32 Å². The highest BCUT2D eigenvalue weighted by Gasteiger charge is 2.02. The Morgan fingerprint density at radius 3 is 2.79 bits per heavy atom. The van der Waals surface area contributed by atoms with Crippen molar-refractivity contribution in [3.8, 4) is 0 Å². The highest BCUT2D eigenvalue weighted by atomic mass is 32.2. The van der Waals surface area contributed by atoms with Crippen molar-refractivity contribution in [2.75, 3.05) is 18.6 Å². The zero-order chi connectivity index (χ0) is 13.7. The minimum absolute atomic E-state index is 0.233. The van der Waals surface area contributed by atoms with Crippen molar-refractivity contribution in [2.45, 2.75) is 13.0 Å². The molecule has 5 heteroatoms. The predicted molar refractivity (Wildman–Crippen MR) is 77.8 cm³/mol. The maximum atomic E-state index is 11.0. The van der Waals surface area contributed by atoms with E-state index in [2.05, 4.69) is 16.4 Å². The van der Waals surface area contributed by atoms with Gasteiger partial charge in [0.1, 0.15) is 9.84 Å². The Hall–Kier alpha value is -1.46. The van der Waals surface area contributed by atoms with Gasteiger partial charge in [-0.25, -0.2) is 8.42 Å². The molecule has 0 bridgehead atoms. The summed E-state index contributed by atoms with van der Waals surface area (Å²) in [6.45, 7) is 1.43. The van der Waals surface area contributed by atoms with Crippen LogP contribution in [0.5, 0.6) is 0 Å². The number of fused-ring (bicyclic) bond motifs is 1. The summed E-state index contributed by atoms with van der Waals surface area (Å²) >= 11 is 0. The monoisotopic (exact) mass is 278 g/mol. The smallest absolute Gasteiger partial charge is 0.147 e. The molecule has 19 heavy (non-hydrogen) atoms. The van der Waals surface area contributed by atoms with E-state index in [1.54, 1.807) is 6.20 Å². The Bertz CT molecular complexity index is 648. The van der Waals surface area contributed by atoms with E-state index in [1.807, 2.05) is 24.3 Å². The van der Waals surface area contributed by atoms with Crippen LogP contribution in [0.2, 0.25) is 0 Å². The first kappa shape index (κ1) is 14.0. The van der Waals surface area contributed by atoms with Gasteiger partial charge in [-0.2, -0.15) is 0 Å². The Labute approximate surface area is 113 Å². The van der Waals surface area contributed by atoms with E-state index < -0.39 is 9.84 Å². The van der Waals surface area contributed by atoms with E-state index in [0.29, 0.717) is 13.0 Å². The number of sulfone groups is 1. The fourth-order valence-corrected chi connectivity index (χ4v) is 2.66. The first-order chi connectivity index (χ1) is 9.06. The number of hydrogen-bond acceptors (Lipinski definition) is 4. The Morgan fingerprint density at radius 1 is 1.21 bits per heavy atom. The van der Waals surface area contributed by atoms with E-state index in [1.165, 1.54) is 11.8 Å². The lowest BCUT2D eigenvalue weighted by Gasteiger charge is -2.07. The maximum Gasteiger partial charge on any atom is 0.147 e. The van der Waals surface area contributed by atoms with Crippen LogP contribution in [0.3, 0.4) is 0 Å². The third kappa shape index (κ3) is 4.29. The van der Waals surface area contributed by atoms with E-state index in [4.69, 9.17) is 0 Å². The van der Waals surface area contributed by atoms with Crippen LogP contribution in [-0.4, -0.2) is 32.0 Å². The third-order valence-electron chi connectivity index (χ3n) is 2.92. The molecule has 2 rings (SSSR count). The van der Waals surface area contributed by atoms with Gasteiger partial charge in [-0.05, 0) is 30.7 Å². The molecule has 2 aromatic rings.